The van der Waals surface area contributed by atoms with Crippen LogP contribution in [0.15, 0.2) is 140 Å². The minimum atomic E-state index is -0.177. The van der Waals surface area contributed by atoms with E-state index in [0.29, 0.717) is 0 Å². The third-order valence-corrected chi connectivity index (χ3v) is 17.5. The first-order chi connectivity index (χ1) is 37.3. The second-order valence-electron chi connectivity index (χ2n) is 26.3. The summed E-state index contributed by atoms with van der Waals surface area (Å²) in [6.45, 7) is 46.2. The van der Waals surface area contributed by atoms with Crippen molar-refractivity contribution in [1.82, 2.24) is 4.57 Å². The molecule has 4 heteroatoms. The van der Waals surface area contributed by atoms with Crippen molar-refractivity contribution in [2.24, 2.45) is 0 Å². The molecular weight excluding hydrogens is 954 g/mol. The predicted octanol–water partition coefficient (Wildman–Crippen LogP) is 19.1. The number of allylic oxidation sites excluding steroid dienone is 1. The average molecular weight is 1030 g/mol. The van der Waals surface area contributed by atoms with Crippen LogP contribution in [0, 0.1) is 55.4 Å². The lowest BCUT2D eigenvalue weighted by Crippen LogP contribution is -2.61. The van der Waals surface area contributed by atoms with Gasteiger partial charge in [0.1, 0.15) is 0 Å². The molecule has 0 fully saturated rings. The van der Waals surface area contributed by atoms with Gasteiger partial charge < -0.3 is 14.4 Å². The zero-order valence-corrected chi connectivity index (χ0v) is 50.5. The predicted molar refractivity (Wildman–Crippen MR) is 347 cm³/mol. The van der Waals surface area contributed by atoms with Crippen molar-refractivity contribution in [3.63, 3.8) is 0 Å². The molecular formula is C75H80BN3. The van der Waals surface area contributed by atoms with Crippen molar-refractivity contribution in [3.8, 4) is 27.9 Å². The van der Waals surface area contributed by atoms with Crippen LogP contribution in [0.25, 0.3) is 51.0 Å². The molecule has 8 aromatic carbocycles. The van der Waals surface area contributed by atoms with Crippen molar-refractivity contribution in [2.45, 2.75) is 141 Å². The smallest absolute Gasteiger partial charge is 0.252 e. The number of hydrogen-bond donors (Lipinski definition) is 0. The topological polar surface area (TPSA) is 11.4 Å². The van der Waals surface area contributed by atoms with Crippen LogP contribution in [-0.2, 0) is 16.2 Å². The lowest BCUT2D eigenvalue weighted by atomic mass is 9.33. The fourth-order valence-electron chi connectivity index (χ4n) is 13.5. The van der Waals surface area contributed by atoms with Gasteiger partial charge >= 0.3 is 0 Å². The molecule has 0 radical (unpaired) electrons. The lowest BCUT2D eigenvalue weighted by Gasteiger charge is -2.46. The maximum absolute atomic E-state index is 4.53. The molecule has 0 unspecified atom stereocenters. The standard InChI is InChI=1S/C75H80BN3/c1-20-26-59-60-42-62-66(43-65(60)77(63(59)21-2)70-45(4)28-24-29-46(70)5)79(72-49(8)37-54(38-50(72)9)74(14,15)16)68-41-55(75(17,18)19)40-67-69(68)76(62)61-39-53(73(11,12)13)33-34-64(61)78(67)71-47(6)35-52(36-48(71)7)57-31-25-32-58(51(57)10)56-30-23-22-27-44(56)3/h20-43H,2H2,1,3-19H3/b26-20-. The minimum absolute atomic E-state index is 0.0182. The maximum Gasteiger partial charge on any atom is 0.252 e. The van der Waals surface area contributed by atoms with Gasteiger partial charge in [-0.15, -0.1) is 0 Å². The monoisotopic (exact) mass is 1030 g/mol. The van der Waals surface area contributed by atoms with Crippen LogP contribution >= 0.6 is 0 Å². The van der Waals surface area contributed by atoms with Gasteiger partial charge in [0.2, 0.25) is 0 Å². The number of nitrogens with zero attached hydrogens (tertiary/aromatic N) is 3. The molecule has 2 aliphatic heterocycles. The molecule has 3 nitrogen and oxygen atoms in total. The molecule has 3 heterocycles. The van der Waals surface area contributed by atoms with E-state index in [1.54, 1.807) is 0 Å². The van der Waals surface area contributed by atoms with Crippen LogP contribution in [0.2, 0.25) is 0 Å². The molecule has 0 bridgehead atoms. The summed E-state index contributed by atoms with van der Waals surface area (Å²) in [6, 6.07) is 49.7. The summed E-state index contributed by atoms with van der Waals surface area (Å²) in [4.78, 5) is 5.35. The number of rotatable bonds is 7. The lowest BCUT2D eigenvalue weighted by molar-refractivity contribution is 0.589. The van der Waals surface area contributed by atoms with E-state index in [2.05, 4.69) is 291 Å². The van der Waals surface area contributed by atoms with Crippen molar-refractivity contribution < 1.29 is 0 Å². The Morgan fingerprint density at radius 3 is 1.52 bits per heavy atom. The number of fused-ring (bicyclic) bond motifs is 5. The Morgan fingerprint density at radius 1 is 0.443 bits per heavy atom. The number of benzene rings is 8. The van der Waals surface area contributed by atoms with Gasteiger partial charge in [-0.25, -0.2) is 0 Å². The van der Waals surface area contributed by atoms with Crippen LogP contribution in [0.3, 0.4) is 0 Å². The van der Waals surface area contributed by atoms with E-state index in [4.69, 9.17) is 0 Å². The summed E-state index contributed by atoms with van der Waals surface area (Å²) in [6.07, 6.45) is 6.56. The molecule has 9 aromatic rings. The first-order valence-electron chi connectivity index (χ1n) is 28.7. The van der Waals surface area contributed by atoms with Gasteiger partial charge in [0.25, 0.3) is 6.71 Å². The van der Waals surface area contributed by atoms with Crippen LogP contribution < -0.4 is 26.2 Å². The van der Waals surface area contributed by atoms with Gasteiger partial charge in [-0.1, -0.05) is 172 Å². The zero-order valence-electron chi connectivity index (χ0n) is 50.5. The molecule has 0 atom stereocenters. The summed E-state index contributed by atoms with van der Waals surface area (Å²) >= 11 is 0. The van der Waals surface area contributed by atoms with E-state index in [9.17, 15) is 0 Å². The van der Waals surface area contributed by atoms with Crippen molar-refractivity contribution in [2.75, 3.05) is 9.80 Å². The highest BCUT2D eigenvalue weighted by Crippen LogP contribution is 2.51. The molecule has 0 aliphatic carbocycles. The Balaban J connectivity index is 1.28. The highest BCUT2D eigenvalue weighted by molar-refractivity contribution is 7.00. The van der Waals surface area contributed by atoms with Crippen LogP contribution in [-0.4, -0.2) is 11.3 Å². The van der Waals surface area contributed by atoms with E-state index in [0.717, 1.165) is 5.69 Å². The first kappa shape index (κ1) is 53.4. The third-order valence-electron chi connectivity index (χ3n) is 17.5. The van der Waals surface area contributed by atoms with Gasteiger partial charge in [0.15, 0.2) is 0 Å². The Kier molecular flexibility index (Phi) is 12.9. The van der Waals surface area contributed by atoms with E-state index in [1.165, 1.54) is 156 Å². The van der Waals surface area contributed by atoms with E-state index < -0.39 is 0 Å². The summed E-state index contributed by atoms with van der Waals surface area (Å²) in [5, 5.41) is 1.22. The van der Waals surface area contributed by atoms with Gasteiger partial charge in [0, 0.05) is 33.7 Å². The molecule has 398 valence electrons. The normalized spacial score (nSPS) is 13.4. The summed E-state index contributed by atoms with van der Waals surface area (Å²) in [7, 11) is 0. The van der Waals surface area contributed by atoms with Crippen molar-refractivity contribution in [3.05, 3.63) is 213 Å². The Bertz CT molecular complexity index is 3970. The van der Waals surface area contributed by atoms with Crippen LogP contribution in [0.5, 0.6) is 0 Å². The quantitative estimate of drug-likeness (QED) is 0.147. The van der Waals surface area contributed by atoms with Gasteiger partial charge in [-0.05, 0) is 221 Å². The Morgan fingerprint density at radius 2 is 0.949 bits per heavy atom. The average Bonchev–Trinajstić information content (AvgIpc) is 3.11. The van der Waals surface area contributed by atoms with Crippen LogP contribution in [0.4, 0.5) is 34.1 Å². The number of aromatic nitrogens is 1. The summed E-state index contributed by atoms with van der Waals surface area (Å²) < 4.78 is 2.50. The molecule has 11 rings (SSSR count). The zero-order chi connectivity index (χ0) is 56.5. The molecule has 1 aromatic heterocycles. The van der Waals surface area contributed by atoms with Crippen molar-refractivity contribution in [1.29, 1.82) is 0 Å². The molecule has 2 aliphatic rings. The first-order valence-corrected chi connectivity index (χ1v) is 28.7. The molecule has 79 heavy (non-hydrogen) atoms. The highest BCUT2D eigenvalue weighted by atomic mass is 15.2. The number of anilines is 6. The van der Waals surface area contributed by atoms with Gasteiger partial charge in [-0.3, -0.25) is 0 Å². The second-order valence-corrected chi connectivity index (χ2v) is 26.3. The largest absolute Gasteiger partial charge is 0.311 e. The minimum Gasteiger partial charge on any atom is -0.311 e. The fraction of sp³-hybridized carbons (Fsp3) is 0.280. The molecule has 0 saturated carbocycles. The number of hydrogen-bond acceptors (Lipinski definition) is 2. The summed E-state index contributed by atoms with van der Waals surface area (Å²) in [5.41, 5.74) is 34.9. The second kappa shape index (κ2) is 19.1. The maximum atomic E-state index is 4.53. The molecule has 0 spiro atoms. The van der Waals surface area contributed by atoms with E-state index in [-0.39, 0.29) is 23.0 Å². The third kappa shape index (κ3) is 8.64. The van der Waals surface area contributed by atoms with E-state index in [1.807, 2.05) is 0 Å². The van der Waals surface area contributed by atoms with Gasteiger partial charge in [-0.2, -0.15) is 0 Å². The van der Waals surface area contributed by atoms with Crippen LogP contribution in [0.1, 0.15) is 142 Å². The Hall–Kier alpha value is -7.56. The molecule has 0 saturated heterocycles. The number of para-hydroxylation sites is 1. The van der Waals surface area contributed by atoms with Crippen molar-refractivity contribution >= 4 is 80.3 Å². The van der Waals surface area contributed by atoms with E-state index >= 15 is 0 Å². The SMILES string of the molecule is C=Cc1c(/C=C\C)c2cc3c(cc2n1-c1c(C)cccc1C)N(c1c(C)cc(C(C)(C)C)cc1C)c1cc(C(C)(C)C)cc2c1B3c1cc(C(C)(C)C)ccc1N2c1c(C)cc(-c2cccc(-c3ccccc3C)c2C)cc1C. The Labute approximate surface area is 473 Å². The van der Waals surface area contributed by atoms with Gasteiger partial charge in [0.05, 0.1) is 28.3 Å². The molecule has 0 amide bonds. The summed E-state index contributed by atoms with van der Waals surface area (Å²) in [5.74, 6) is 0. The fourth-order valence-corrected chi connectivity index (χ4v) is 13.5. The number of aryl methyl sites for hydroxylation is 7. The molecule has 0 N–H and O–H groups in total. The highest BCUT2D eigenvalue weighted by Gasteiger charge is 2.46.